The molecule has 6 nitrogen and oxygen atoms in total. The Kier molecular flexibility index (Phi) is 4.48. The van der Waals surface area contributed by atoms with Crippen molar-refractivity contribution in [2.45, 2.75) is 50.4 Å². The van der Waals surface area contributed by atoms with Gasteiger partial charge in [-0.25, -0.2) is 4.79 Å². The zero-order chi connectivity index (χ0) is 17.4. The van der Waals surface area contributed by atoms with Crippen LogP contribution in [0, 0.1) is 0 Å². The van der Waals surface area contributed by atoms with Gasteiger partial charge in [0.25, 0.3) is 5.91 Å². The second-order valence-electron chi connectivity index (χ2n) is 7.15. The zero-order valence-corrected chi connectivity index (χ0v) is 14.3. The van der Waals surface area contributed by atoms with Crippen molar-refractivity contribution in [1.29, 1.82) is 0 Å². The predicted molar refractivity (Wildman–Crippen MR) is 90.9 cm³/mol. The number of fused-ring (bicyclic) bond motifs is 2. The van der Waals surface area contributed by atoms with E-state index in [9.17, 15) is 14.7 Å². The van der Waals surface area contributed by atoms with Crippen molar-refractivity contribution in [2.75, 3.05) is 19.7 Å². The number of imide groups is 1. The Hall–Kier alpha value is -1.92. The molecule has 0 unspecified atom stereocenters. The third kappa shape index (κ3) is 3.04. The van der Waals surface area contributed by atoms with E-state index in [0.717, 1.165) is 32.1 Å². The van der Waals surface area contributed by atoms with Crippen LogP contribution in [0.5, 0.6) is 0 Å². The zero-order valence-electron chi connectivity index (χ0n) is 14.3. The maximum Gasteiger partial charge on any atom is 0.327 e. The molecule has 0 spiro atoms. The van der Waals surface area contributed by atoms with Crippen LogP contribution in [-0.2, 0) is 16.0 Å². The summed E-state index contributed by atoms with van der Waals surface area (Å²) in [6.45, 7) is 0.775. The number of aryl methyl sites for hydroxylation is 1. The molecule has 3 aliphatic rings. The van der Waals surface area contributed by atoms with Gasteiger partial charge in [0.2, 0.25) is 0 Å². The number of hydrogen-bond acceptors (Lipinski definition) is 4. The second-order valence-corrected chi connectivity index (χ2v) is 7.15. The summed E-state index contributed by atoms with van der Waals surface area (Å²) in [5.74, 6) is -0.176. The van der Waals surface area contributed by atoms with Crippen LogP contribution in [0.4, 0.5) is 4.79 Å². The van der Waals surface area contributed by atoms with Crippen LogP contribution < -0.4 is 0 Å². The molecule has 0 bridgehead atoms. The molecule has 0 saturated carbocycles. The van der Waals surface area contributed by atoms with Crippen LogP contribution in [0.15, 0.2) is 24.3 Å². The predicted octanol–water partition coefficient (Wildman–Crippen LogP) is 1.87. The van der Waals surface area contributed by atoms with Crippen LogP contribution in [0.25, 0.3) is 0 Å². The van der Waals surface area contributed by atoms with Crippen LogP contribution >= 0.6 is 0 Å². The third-order valence-corrected chi connectivity index (χ3v) is 5.48. The Morgan fingerprint density at radius 1 is 1.20 bits per heavy atom. The summed E-state index contributed by atoms with van der Waals surface area (Å²) in [6.07, 6.45) is 3.79. The lowest BCUT2D eigenvalue weighted by molar-refractivity contribution is -0.129. The molecule has 25 heavy (non-hydrogen) atoms. The van der Waals surface area contributed by atoms with E-state index in [1.807, 2.05) is 12.1 Å². The lowest BCUT2D eigenvalue weighted by Gasteiger charge is -2.27. The molecule has 2 fully saturated rings. The first-order valence-corrected chi connectivity index (χ1v) is 9.14. The van der Waals surface area contributed by atoms with Crippen molar-refractivity contribution in [2.24, 2.45) is 0 Å². The Labute approximate surface area is 147 Å². The number of carbonyl (C=O) groups is 2. The number of aliphatic hydroxyl groups is 1. The summed E-state index contributed by atoms with van der Waals surface area (Å²) in [5.41, 5.74) is 2.49. The maximum atomic E-state index is 12.3. The topological polar surface area (TPSA) is 70.1 Å². The molecule has 0 radical (unpaired) electrons. The number of carbonyl (C=O) groups excluding carboxylic acids is 2. The van der Waals surface area contributed by atoms with Gasteiger partial charge < -0.3 is 14.7 Å². The van der Waals surface area contributed by atoms with E-state index in [0.29, 0.717) is 6.54 Å². The summed E-state index contributed by atoms with van der Waals surface area (Å²) in [7, 11) is 0. The summed E-state index contributed by atoms with van der Waals surface area (Å²) in [6, 6.07) is 7.66. The minimum atomic E-state index is -0.859. The summed E-state index contributed by atoms with van der Waals surface area (Å²) < 4.78 is 5.93. The van der Waals surface area contributed by atoms with Crippen molar-refractivity contribution >= 4 is 11.9 Å². The molecule has 1 N–H and O–H groups in total. The molecular formula is C19H24N2O4. The number of nitrogens with zero attached hydrogens (tertiary/aromatic N) is 2. The molecule has 2 saturated heterocycles. The van der Waals surface area contributed by atoms with Gasteiger partial charge >= 0.3 is 6.03 Å². The van der Waals surface area contributed by atoms with Gasteiger partial charge in [0, 0.05) is 6.54 Å². The van der Waals surface area contributed by atoms with Crippen LogP contribution in [-0.4, -0.2) is 58.7 Å². The summed E-state index contributed by atoms with van der Waals surface area (Å²) >= 11 is 0. The normalized spacial score (nSPS) is 26.8. The van der Waals surface area contributed by atoms with E-state index < -0.39 is 6.10 Å². The number of aliphatic hydroxyl groups excluding tert-OH is 1. The highest BCUT2D eigenvalue weighted by atomic mass is 16.5. The average Bonchev–Trinajstić information content (AvgIpc) is 3.20. The molecule has 1 aliphatic carbocycles. The van der Waals surface area contributed by atoms with Gasteiger partial charge in [-0.3, -0.25) is 9.69 Å². The molecule has 1 aromatic carbocycles. The Balaban J connectivity index is 1.34. The molecule has 3 atom stereocenters. The first-order chi connectivity index (χ1) is 12.1. The molecule has 4 rings (SSSR count). The fourth-order valence-electron chi connectivity index (χ4n) is 4.22. The number of rotatable bonds is 5. The van der Waals surface area contributed by atoms with Crippen molar-refractivity contribution in [3.05, 3.63) is 35.4 Å². The van der Waals surface area contributed by atoms with E-state index in [1.54, 1.807) is 4.90 Å². The SMILES string of the molecule is O=C1[C@@H]2CCCN2C(=O)N1C[C@@H](O)CO[C@@H]1CCCc2ccccc21. The molecular weight excluding hydrogens is 320 g/mol. The largest absolute Gasteiger partial charge is 0.389 e. The lowest BCUT2D eigenvalue weighted by Crippen LogP contribution is -2.40. The monoisotopic (exact) mass is 344 g/mol. The first-order valence-electron chi connectivity index (χ1n) is 9.14. The highest BCUT2D eigenvalue weighted by Gasteiger charge is 2.47. The Morgan fingerprint density at radius 2 is 2.04 bits per heavy atom. The number of ether oxygens (including phenoxy) is 1. The lowest BCUT2D eigenvalue weighted by atomic mass is 9.89. The highest BCUT2D eigenvalue weighted by Crippen LogP contribution is 2.32. The molecule has 2 aliphatic heterocycles. The molecule has 134 valence electrons. The maximum absolute atomic E-state index is 12.3. The van der Waals surface area contributed by atoms with E-state index in [2.05, 4.69) is 12.1 Å². The van der Waals surface area contributed by atoms with E-state index >= 15 is 0 Å². The quantitative estimate of drug-likeness (QED) is 0.828. The fraction of sp³-hybridized carbons (Fsp3) is 0.579. The highest BCUT2D eigenvalue weighted by molar-refractivity contribution is 6.04. The molecule has 2 heterocycles. The molecule has 0 aromatic heterocycles. The van der Waals surface area contributed by atoms with Gasteiger partial charge in [0.05, 0.1) is 25.4 Å². The van der Waals surface area contributed by atoms with Gasteiger partial charge in [-0.15, -0.1) is 0 Å². The standard InChI is InChI=1S/C19H24N2O4/c22-14(11-21-18(23)16-8-4-10-20(16)19(21)24)12-25-17-9-3-6-13-5-1-2-7-15(13)17/h1-2,5,7,14,16-17,22H,3-4,6,8-12H2/t14-,16+,17-/m1/s1. The van der Waals surface area contributed by atoms with E-state index in [-0.39, 0.29) is 37.2 Å². The average molecular weight is 344 g/mol. The number of hydrogen-bond donors (Lipinski definition) is 1. The van der Waals surface area contributed by atoms with E-state index in [1.165, 1.54) is 16.0 Å². The molecule has 1 aromatic rings. The first kappa shape index (κ1) is 16.5. The third-order valence-electron chi connectivity index (χ3n) is 5.48. The molecule has 3 amide bonds. The smallest absolute Gasteiger partial charge is 0.327 e. The van der Waals surface area contributed by atoms with Crippen LogP contribution in [0.1, 0.15) is 42.9 Å². The van der Waals surface area contributed by atoms with Crippen LogP contribution in [0.2, 0.25) is 0 Å². The number of urea groups is 1. The van der Waals surface area contributed by atoms with Crippen molar-refractivity contribution in [3.63, 3.8) is 0 Å². The van der Waals surface area contributed by atoms with E-state index in [4.69, 9.17) is 4.74 Å². The van der Waals surface area contributed by atoms with Gasteiger partial charge in [0.15, 0.2) is 0 Å². The van der Waals surface area contributed by atoms with Gasteiger partial charge in [-0.1, -0.05) is 24.3 Å². The summed E-state index contributed by atoms with van der Waals surface area (Å²) in [5, 5.41) is 10.3. The Morgan fingerprint density at radius 3 is 2.88 bits per heavy atom. The fourth-order valence-corrected chi connectivity index (χ4v) is 4.22. The number of β-amino-alcohol motifs (C(OH)–C–C–N with tert-alkyl or cyclic N) is 1. The number of amides is 3. The summed E-state index contributed by atoms with van der Waals surface area (Å²) in [4.78, 5) is 27.4. The van der Waals surface area contributed by atoms with Crippen molar-refractivity contribution in [3.8, 4) is 0 Å². The minimum Gasteiger partial charge on any atom is -0.389 e. The minimum absolute atomic E-state index is 0.0129. The second kappa shape index (κ2) is 6.77. The number of benzene rings is 1. The van der Waals surface area contributed by atoms with Gasteiger partial charge in [0.1, 0.15) is 6.04 Å². The Bertz CT molecular complexity index is 655. The van der Waals surface area contributed by atoms with Crippen molar-refractivity contribution in [1.82, 2.24) is 9.80 Å². The van der Waals surface area contributed by atoms with Crippen LogP contribution in [0.3, 0.4) is 0 Å². The molecule has 6 heteroatoms. The van der Waals surface area contributed by atoms with Crippen molar-refractivity contribution < 1.29 is 19.4 Å². The van der Waals surface area contributed by atoms with Gasteiger partial charge in [-0.2, -0.15) is 0 Å². The van der Waals surface area contributed by atoms with Gasteiger partial charge in [-0.05, 0) is 43.2 Å².